The summed E-state index contributed by atoms with van der Waals surface area (Å²) in [7, 11) is 0. The van der Waals surface area contributed by atoms with E-state index in [0.29, 0.717) is 10.8 Å². The second-order valence-corrected chi connectivity index (χ2v) is 6.51. The molecular weight excluding hydrogens is 312 g/mol. The fourth-order valence-electron chi connectivity index (χ4n) is 1.92. The number of hydrogen-bond donors (Lipinski definition) is 1. The third-order valence-corrected chi connectivity index (χ3v) is 4.38. The summed E-state index contributed by atoms with van der Waals surface area (Å²) in [5, 5.41) is 15.9. The van der Waals surface area contributed by atoms with Gasteiger partial charge in [-0.15, -0.1) is 10.2 Å². The minimum absolute atomic E-state index is 0.141. The number of aryl methyl sites for hydroxylation is 1. The lowest BCUT2D eigenvalue weighted by Gasteiger charge is -1.96. The molecule has 1 N–H and O–H groups in total. The molecule has 0 aliphatic heterocycles. The zero-order valence-corrected chi connectivity index (χ0v) is 13.8. The van der Waals surface area contributed by atoms with Gasteiger partial charge in [-0.2, -0.15) is 0 Å². The number of nitrogens with zero attached hydrogens (tertiary/aromatic N) is 3. The Morgan fingerprint density at radius 2 is 1.96 bits per heavy atom. The van der Waals surface area contributed by atoms with Crippen LogP contribution in [0.2, 0.25) is 0 Å². The van der Waals surface area contributed by atoms with Gasteiger partial charge in [0.2, 0.25) is 10.9 Å². The Morgan fingerprint density at radius 1 is 1.22 bits per heavy atom. The third-order valence-electron chi connectivity index (χ3n) is 3.24. The summed E-state index contributed by atoms with van der Waals surface area (Å²) < 4.78 is 5.13. The van der Waals surface area contributed by atoms with Gasteiger partial charge >= 0.3 is 0 Å². The van der Waals surface area contributed by atoms with Crippen LogP contribution < -0.4 is 5.32 Å². The van der Waals surface area contributed by atoms with Crippen LogP contribution in [-0.4, -0.2) is 21.3 Å². The molecule has 3 rings (SSSR count). The number of rotatable bonds is 4. The van der Waals surface area contributed by atoms with E-state index < -0.39 is 0 Å². The van der Waals surface area contributed by atoms with E-state index in [-0.39, 0.29) is 17.6 Å². The van der Waals surface area contributed by atoms with E-state index in [1.165, 1.54) is 11.3 Å². The molecular formula is C16H16N4O2S. The molecule has 0 spiro atoms. The van der Waals surface area contributed by atoms with Crippen LogP contribution in [0.3, 0.4) is 0 Å². The highest BCUT2D eigenvalue weighted by Crippen LogP contribution is 2.24. The monoisotopic (exact) mass is 328 g/mol. The number of hydrogen-bond acceptors (Lipinski definition) is 6. The van der Waals surface area contributed by atoms with Crippen molar-refractivity contribution >= 4 is 22.4 Å². The van der Waals surface area contributed by atoms with E-state index in [1.54, 1.807) is 6.07 Å². The fraction of sp³-hybridized carbons (Fsp3) is 0.250. The van der Waals surface area contributed by atoms with Crippen LogP contribution in [0.25, 0.3) is 11.3 Å². The Labute approximate surface area is 137 Å². The van der Waals surface area contributed by atoms with Crippen LogP contribution in [0.1, 0.15) is 40.9 Å². The van der Waals surface area contributed by atoms with Crippen LogP contribution in [0.15, 0.2) is 34.9 Å². The van der Waals surface area contributed by atoms with Gasteiger partial charge in [0.05, 0.1) is 0 Å². The zero-order chi connectivity index (χ0) is 16.4. The maximum atomic E-state index is 12.2. The van der Waals surface area contributed by atoms with Gasteiger partial charge in [0, 0.05) is 17.5 Å². The largest absolute Gasteiger partial charge is 0.350 e. The number of benzene rings is 1. The van der Waals surface area contributed by atoms with E-state index in [4.69, 9.17) is 4.52 Å². The molecule has 2 aromatic heterocycles. The predicted octanol–water partition coefficient (Wildman–Crippen LogP) is 3.88. The molecule has 0 bridgehead atoms. The number of aromatic nitrogens is 3. The first-order valence-electron chi connectivity index (χ1n) is 7.21. The summed E-state index contributed by atoms with van der Waals surface area (Å²) in [6.07, 6.45) is 0. The molecule has 0 saturated carbocycles. The Morgan fingerprint density at radius 3 is 2.61 bits per heavy atom. The Bertz CT molecular complexity index is 821. The lowest BCUT2D eigenvalue weighted by Crippen LogP contribution is -2.10. The van der Waals surface area contributed by atoms with Gasteiger partial charge in [-0.3, -0.25) is 10.1 Å². The molecule has 1 amide bonds. The van der Waals surface area contributed by atoms with Gasteiger partial charge in [0.15, 0.2) is 0 Å². The Kier molecular flexibility index (Phi) is 4.20. The van der Waals surface area contributed by atoms with Crippen molar-refractivity contribution in [3.05, 3.63) is 46.7 Å². The van der Waals surface area contributed by atoms with E-state index in [0.717, 1.165) is 16.1 Å². The quantitative estimate of drug-likeness (QED) is 0.786. The van der Waals surface area contributed by atoms with Crippen molar-refractivity contribution in [2.24, 2.45) is 0 Å². The van der Waals surface area contributed by atoms with Gasteiger partial charge in [0.25, 0.3) is 5.91 Å². The lowest BCUT2D eigenvalue weighted by molar-refractivity contribution is 0.0988. The van der Waals surface area contributed by atoms with E-state index in [9.17, 15) is 4.79 Å². The highest BCUT2D eigenvalue weighted by atomic mass is 32.1. The molecule has 2 heterocycles. The predicted molar refractivity (Wildman–Crippen MR) is 88.6 cm³/mol. The highest BCUT2D eigenvalue weighted by Gasteiger charge is 2.16. The lowest BCUT2D eigenvalue weighted by atomic mass is 10.1. The zero-order valence-electron chi connectivity index (χ0n) is 13.0. The number of nitrogens with one attached hydrogen (secondary N) is 1. The Hall–Kier alpha value is -2.54. The van der Waals surface area contributed by atoms with Crippen molar-refractivity contribution < 1.29 is 9.32 Å². The maximum Gasteiger partial charge on any atom is 0.296 e. The normalized spacial score (nSPS) is 11.0. The van der Waals surface area contributed by atoms with Gasteiger partial charge in [-0.1, -0.05) is 60.2 Å². The minimum atomic E-state index is -0.387. The first-order chi connectivity index (χ1) is 11.0. The molecule has 3 aromatic rings. The first-order valence-corrected chi connectivity index (χ1v) is 8.03. The average Bonchev–Trinajstić information content (AvgIpc) is 3.17. The molecule has 7 heteroatoms. The molecule has 0 fully saturated rings. The molecule has 0 unspecified atom stereocenters. The topological polar surface area (TPSA) is 80.9 Å². The number of carbonyl (C=O) groups excluding carboxylic acids is 1. The fourth-order valence-corrected chi connectivity index (χ4v) is 2.66. The second kappa shape index (κ2) is 6.29. The van der Waals surface area contributed by atoms with E-state index >= 15 is 0 Å². The molecule has 0 saturated heterocycles. The van der Waals surface area contributed by atoms with Crippen LogP contribution in [0.4, 0.5) is 5.13 Å². The molecule has 0 aliphatic carbocycles. The average molecular weight is 328 g/mol. The highest BCUT2D eigenvalue weighted by molar-refractivity contribution is 7.15. The number of amides is 1. The molecule has 23 heavy (non-hydrogen) atoms. The number of anilines is 1. The van der Waals surface area contributed by atoms with Crippen molar-refractivity contribution in [2.45, 2.75) is 26.7 Å². The van der Waals surface area contributed by atoms with Crippen molar-refractivity contribution in [1.82, 2.24) is 15.4 Å². The van der Waals surface area contributed by atoms with Crippen LogP contribution in [-0.2, 0) is 0 Å². The van der Waals surface area contributed by atoms with Crippen molar-refractivity contribution in [2.75, 3.05) is 5.32 Å². The van der Waals surface area contributed by atoms with Crippen LogP contribution >= 0.6 is 11.3 Å². The molecule has 118 valence electrons. The molecule has 6 nitrogen and oxygen atoms in total. The second-order valence-electron chi connectivity index (χ2n) is 5.50. The van der Waals surface area contributed by atoms with Crippen LogP contribution in [0, 0.1) is 6.92 Å². The first kappa shape index (κ1) is 15.4. The number of carbonyl (C=O) groups is 1. The van der Waals surface area contributed by atoms with Crippen molar-refractivity contribution in [1.29, 1.82) is 0 Å². The van der Waals surface area contributed by atoms with E-state index in [1.807, 2.05) is 45.0 Å². The molecule has 1 aromatic carbocycles. The van der Waals surface area contributed by atoms with Crippen LogP contribution in [0.5, 0.6) is 0 Å². The SMILES string of the molecule is Cc1ccc(-c2cc(C(=O)Nc3nnc(C(C)C)s3)on2)cc1. The minimum Gasteiger partial charge on any atom is -0.350 e. The van der Waals surface area contributed by atoms with E-state index in [2.05, 4.69) is 20.7 Å². The summed E-state index contributed by atoms with van der Waals surface area (Å²) in [5.74, 6) is 0.0285. The molecule has 0 aliphatic rings. The standard InChI is InChI=1S/C16H16N4O2S/c1-9(2)15-18-19-16(23-15)17-14(21)13-8-12(20-22-13)11-6-4-10(3)5-7-11/h4-9H,1-3H3,(H,17,19,21). The maximum absolute atomic E-state index is 12.2. The summed E-state index contributed by atoms with van der Waals surface area (Å²) in [6.45, 7) is 6.06. The van der Waals surface area contributed by atoms with Crippen molar-refractivity contribution in [3.63, 3.8) is 0 Å². The molecule has 0 atom stereocenters. The summed E-state index contributed by atoms with van der Waals surface area (Å²) in [4.78, 5) is 12.2. The van der Waals surface area contributed by atoms with Gasteiger partial charge < -0.3 is 4.52 Å². The summed E-state index contributed by atoms with van der Waals surface area (Å²) >= 11 is 1.35. The van der Waals surface area contributed by atoms with Crippen molar-refractivity contribution in [3.8, 4) is 11.3 Å². The van der Waals surface area contributed by atoms with Gasteiger partial charge in [-0.25, -0.2) is 0 Å². The summed E-state index contributed by atoms with van der Waals surface area (Å²) in [5.41, 5.74) is 2.68. The van der Waals surface area contributed by atoms with Gasteiger partial charge in [0.1, 0.15) is 10.7 Å². The molecule has 0 radical (unpaired) electrons. The summed E-state index contributed by atoms with van der Waals surface area (Å²) in [6, 6.07) is 9.46. The smallest absolute Gasteiger partial charge is 0.296 e. The third kappa shape index (κ3) is 3.45. The van der Waals surface area contributed by atoms with Gasteiger partial charge in [-0.05, 0) is 6.92 Å². The Balaban J connectivity index is 1.74.